The number of thiophene rings is 1. The predicted molar refractivity (Wildman–Crippen MR) is 110 cm³/mol. The molecule has 2 aromatic heterocycles. The van der Waals surface area contributed by atoms with E-state index in [2.05, 4.69) is 11.9 Å². The van der Waals surface area contributed by atoms with E-state index in [-0.39, 0.29) is 29.5 Å². The zero-order valence-electron chi connectivity index (χ0n) is 16.2. The molecule has 0 saturated carbocycles. The molecule has 1 aliphatic rings. The van der Waals surface area contributed by atoms with Crippen LogP contribution in [-0.4, -0.2) is 51.4 Å². The predicted octanol–water partition coefficient (Wildman–Crippen LogP) is 2.15. The van der Waals surface area contributed by atoms with Gasteiger partial charge < -0.3 is 15.5 Å². The molecule has 1 unspecified atom stereocenters. The molecule has 0 aliphatic carbocycles. The molecule has 1 amide bonds. The number of nitrogens with zero attached hydrogens (tertiary/aromatic N) is 3. The van der Waals surface area contributed by atoms with Crippen LogP contribution in [0.1, 0.15) is 48.3 Å². The van der Waals surface area contributed by atoms with Crippen LogP contribution in [0.4, 0.5) is 0 Å². The maximum Gasteiger partial charge on any atom is 0.348 e. The van der Waals surface area contributed by atoms with Crippen molar-refractivity contribution in [2.24, 2.45) is 0 Å². The summed E-state index contributed by atoms with van der Waals surface area (Å²) < 4.78 is 6.00. The first-order chi connectivity index (χ1) is 13.3. The molecule has 152 valence electrons. The first-order valence-electron chi connectivity index (χ1n) is 9.25. The molecule has 2 aromatic rings. The molecule has 10 heteroatoms. The molecule has 0 aromatic carbocycles. The molecule has 3 heterocycles. The van der Waals surface area contributed by atoms with Crippen molar-refractivity contribution in [1.82, 2.24) is 14.6 Å². The third-order valence-corrected chi connectivity index (χ3v) is 6.98. The number of hydrogen-bond donors (Lipinski definition) is 1. The van der Waals surface area contributed by atoms with Crippen LogP contribution in [0.3, 0.4) is 0 Å². The van der Waals surface area contributed by atoms with Gasteiger partial charge in [-0.2, -0.15) is 0 Å². The summed E-state index contributed by atoms with van der Waals surface area (Å²) in [5, 5.41) is 0.572. The van der Waals surface area contributed by atoms with Crippen molar-refractivity contribution in [1.29, 1.82) is 0 Å². The van der Waals surface area contributed by atoms with Crippen LogP contribution in [0.25, 0.3) is 10.2 Å². The number of esters is 1. The lowest BCUT2D eigenvalue weighted by Gasteiger charge is -2.33. The van der Waals surface area contributed by atoms with Gasteiger partial charge >= 0.3 is 5.97 Å². The van der Waals surface area contributed by atoms with E-state index in [9.17, 15) is 14.4 Å². The maximum atomic E-state index is 12.7. The Morgan fingerprint density at radius 3 is 2.82 bits per heavy atom. The summed E-state index contributed by atoms with van der Waals surface area (Å²) in [6.07, 6.45) is 3.16. The van der Waals surface area contributed by atoms with Gasteiger partial charge in [-0.15, -0.1) is 11.3 Å². The van der Waals surface area contributed by atoms with Crippen molar-refractivity contribution in [3.63, 3.8) is 0 Å². The molecule has 3 rings (SSSR count). The van der Waals surface area contributed by atoms with Gasteiger partial charge in [-0.25, -0.2) is 14.5 Å². The van der Waals surface area contributed by atoms with Crippen molar-refractivity contribution in [2.75, 3.05) is 24.7 Å². The first-order valence-corrected chi connectivity index (χ1v) is 11.1. The van der Waals surface area contributed by atoms with E-state index < -0.39 is 11.5 Å². The largest absolute Gasteiger partial charge is 0.462 e. The van der Waals surface area contributed by atoms with E-state index >= 15 is 0 Å². The number of fused-ring (bicyclic) bond motifs is 1. The zero-order valence-corrected chi connectivity index (χ0v) is 17.8. The Morgan fingerprint density at radius 2 is 2.14 bits per heavy atom. The van der Waals surface area contributed by atoms with Gasteiger partial charge in [0.15, 0.2) is 5.16 Å². The molecule has 1 fully saturated rings. The summed E-state index contributed by atoms with van der Waals surface area (Å²) >= 11 is 2.25. The normalized spacial score (nSPS) is 17.1. The Balaban J connectivity index is 1.86. The smallest absolute Gasteiger partial charge is 0.348 e. The fourth-order valence-corrected chi connectivity index (χ4v) is 5.27. The average molecular weight is 425 g/mol. The Bertz CT molecular complexity index is 969. The van der Waals surface area contributed by atoms with Crippen molar-refractivity contribution in [2.45, 2.75) is 51.2 Å². The summed E-state index contributed by atoms with van der Waals surface area (Å²) in [6, 6.07) is 0.226. The number of hydrogen-bond acceptors (Lipinski definition) is 8. The molecule has 0 radical (unpaired) electrons. The van der Waals surface area contributed by atoms with Gasteiger partial charge in [-0.05, 0) is 45.6 Å². The van der Waals surface area contributed by atoms with Gasteiger partial charge in [0.1, 0.15) is 9.71 Å². The molecule has 1 aliphatic heterocycles. The molecule has 0 spiro atoms. The SMILES string of the molecule is CCOC(=O)c1sc2nc(SCC(=O)N3CCCCC3C)n(N)c(=O)c2c1C. The molecule has 1 saturated heterocycles. The molecule has 2 N–H and O–H groups in total. The molecule has 28 heavy (non-hydrogen) atoms. The number of piperidine rings is 1. The van der Waals surface area contributed by atoms with Gasteiger partial charge in [0.25, 0.3) is 5.56 Å². The molecular weight excluding hydrogens is 400 g/mol. The second-order valence-corrected chi connectivity index (χ2v) is 8.69. The average Bonchev–Trinajstić information content (AvgIpc) is 3.00. The van der Waals surface area contributed by atoms with Crippen molar-refractivity contribution in [3.8, 4) is 0 Å². The van der Waals surface area contributed by atoms with Gasteiger partial charge in [0.05, 0.1) is 17.7 Å². The van der Waals surface area contributed by atoms with Gasteiger partial charge in [-0.1, -0.05) is 11.8 Å². The minimum atomic E-state index is -0.477. The molecule has 0 bridgehead atoms. The Labute approximate surface area is 171 Å². The summed E-state index contributed by atoms with van der Waals surface area (Å²) in [5.41, 5.74) is 0.0838. The molecule has 8 nitrogen and oxygen atoms in total. The Kier molecular flexibility index (Phi) is 6.29. The quantitative estimate of drug-likeness (QED) is 0.339. The third-order valence-electron chi connectivity index (χ3n) is 4.87. The Hall–Kier alpha value is -2.07. The number of nitrogen functional groups attached to an aromatic ring is 1. The summed E-state index contributed by atoms with van der Waals surface area (Å²) in [4.78, 5) is 44.4. The summed E-state index contributed by atoms with van der Waals surface area (Å²) in [6.45, 7) is 6.47. The maximum absolute atomic E-state index is 12.7. The number of carbonyl (C=O) groups is 2. The Morgan fingerprint density at radius 1 is 1.39 bits per heavy atom. The van der Waals surface area contributed by atoms with Crippen molar-refractivity contribution in [3.05, 3.63) is 20.8 Å². The van der Waals surface area contributed by atoms with Crippen LogP contribution >= 0.6 is 23.1 Å². The minimum absolute atomic E-state index is 0.0149. The standard InChI is InChI=1S/C18H24N4O4S2/c1-4-26-17(25)14-11(3)13-15(28-14)20-18(22(19)16(13)24)27-9-12(23)21-8-6-5-7-10(21)2/h10H,4-9,19H2,1-3H3. The number of rotatable bonds is 5. The number of likely N-dealkylation sites (tertiary alicyclic amines) is 1. The lowest BCUT2D eigenvalue weighted by molar-refractivity contribution is -0.131. The lowest BCUT2D eigenvalue weighted by Crippen LogP contribution is -2.43. The van der Waals surface area contributed by atoms with Crippen LogP contribution < -0.4 is 11.4 Å². The van der Waals surface area contributed by atoms with E-state index in [1.165, 1.54) is 0 Å². The number of amides is 1. The highest BCUT2D eigenvalue weighted by Gasteiger charge is 2.25. The number of thioether (sulfide) groups is 1. The van der Waals surface area contributed by atoms with E-state index in [1.54, 1.807) is 13.8 Å². The van der Waals surface area contributed by atoms with Gasteiger partial charge in [0, 0.05) is 12.6 Å². The van der Waals surface area contributed by atoms with Crippen LogP contribution in [0, 0.1) is 6.92 Å². The number of aryl methyl sites for hydroxylation is 1. The van der Waals surface area contributed by atoms with E-state index in [0.717, 1.165) is 53.6 Å². The topological polar surface area (TPSA) is 108 Å². The van der Waals surface area contributed by atoms with Crippen molar-refractivity contribution >= 4 is 45.2 Å². The second-order valence-electron chi connectivity index (χ2n) is 6.75. The lowest BCUT2D eigenvalue weighted by atomic mass is 10.0. The zero-order chi connectivity index (χ0) is 20.4. The monoisotopic (exact) mass is 424 g/mol. The van der Waals surface area contributed by atoms with Crippen LogP contribution in [-0.2, 0) is 9.53 Å². The second kappa shape index (κ2) is 8.52. The van der Waals surface area contributed by atoms with E-state index in [0.29, 0.717) is 20.7 Å². The number of carbonyl (C=O) groups excluding carboxylic acids is 2. The van der Waals surface area contributed by atoms with E-state index in [4.69, 9.17) is 10.6 Å². The third kappa shape index (κ3) is 3.88. The van der Waals surface area contributed by atoms with Crippen LogP contribution in [0.5, 0.6) is 0 Å². The minimum Gasteiger partial charge on any atom is -0.462 e. The van der Waals surface area contributed by atoms with Crippen LogP contribution in [0.2, 0.25) is 0 Å². The fourth-order valence-electron chi connectivity index (χ4n) is 3.35. The summed E-state index contributed by atoms with van der Waals surface area (Å²) in [7, 11) is 0. The van der Waals surface area contributed by atoms with Gasteiger partial charge in [0.2, 0.25) is 5.91 Å². The van der Waals surface area contributed by atoms with Crippen LogP contribution in [0.15, 0.2) is 9.95 Å². The number of nitrogens with two attached hydrogens (primary N) is 1. The first kappa shape index (κ1) is 20.7. The summed E-state index contributed by atoms with van der Waals surface area (Å²) in [5.74, 6) is 5.64. The van der Waals surface area contributed by atoms with E-state index in [1.807, 2.05) is 4.90 Å². The fraction of sp³-hybridized carbons (Fsp3) is 0.556. The molecule has 1 atom stereocenters. The van der Waals surface area contributed by atoms with Gasteiger partial charge in [-0.3, -0.25) is 9.59 Å². The highest BCUT2D eigenvalue weighted by molar-refractivity contribution is 7.99. The highest BCUT2D eigenvalue weighted by atomic mass is 32.2. The van der Waals surface area contributed by atoms with Crippen molar-refractivity contribution < 1.29 is 14.3 Å². The molecular formula is C18H24N4O4S2. The highest BCUT2D eigenvalue weighted by Crippen LogP contribution is 2.29. The number of aromatic nitrogens is 2. The number of ether oxygens (including phenoxy) is 1.